The number of aldehydes is 2. The first-order valence-corrected chi connectivity index (χ1v) is 39.0. The minimum atomic E-state index is -0.271. The topological polar surface area (TPSA) is 50.5 Å². The SMILES string of the molecule is C=Cc1ccc(-n2c3ccccc3c3cc(-c4ccc(N(c5ccc(-c6ccccc6)cc5)c5ccc6c(c5)C(C)(C)c5ccc(C=C)cc5-6)cc4)ccc32)cc1.CC1(C)c2cc(C=O)ccc2-c2ccc(N(c3ccc(-c4ccccc4)cc3)c3ccc(-c4ccc5c(c4)c4ccccc4n5-c4ccc(C=O)cc4)cc3)cc21. The van der Waals surface area contributed by atoms with Gasteiger partial charge in [0.1, 0.15) is 12.6 Å². The van der Waals surface area contributed by atoms with Gasteiger partial charge in [-0.25, -0.2) is 0 Å². The van der Waals surface area contributed by atoms with Gasteiger partial charge in [0.15, 0.2) is 0 Å². The van der Waals surface area contributed by atoms with Crippen molar-refractivity contribution >= 4 is 102 Å². The summed E-state index contributed by atoms with van der Waals surface area (Å²) in [7, 11) is 0. The van der Waals surface area contributed by atoms with Gasteiger partial charge < -0.3 is 18.9 Å². The van der Waals surface area contributed by atoms with E-state index in [1.807, 2.05) is 54.6 Å². The molecule has 0 amide bonds. The number of carbonyl (C=O) groups excluding carboxylic acids is 2. The van der Waals surface area contributed by atoms with Gasteiger partial charge >= 0.3 is 0 Å². The molecule has 18 aromatic rings. The summed E-state index contributed by atoms with van der Waals surface area (Å²) in [6, 6.07) is 130. The van der Waals surface area contributed by atoms with Gasteiger partial charge in [0.25, 0.3) is 0 Å². The van der Waals surface area contributed by atoms with Crippen molar-refractivity contribution < 1.29 is 9.59 Å². The van der Waals surface area contributed by atoms with E-state index in [2.05, 4.69) is 381 Å². The van der Waals surface area contributed by atoms with E-state index >= 15 is 0 Å². The molecule has 0 saturated carbocycles. The summed E-state index contributed by atoms with van der Waals surface area (Å²) in [5.74, 6) is 0. The molecule has 0 radical (unpaired) electrons. The Bertz CT molecular complexity index is 6810. The summed E-state index contributed by atoms with van der Waals surface area (Å²) >= 11 is 0. The number of rotatable bonds is 16. The lowest BCUT2D eigenvalue weighted by Crippen LogP contribution is -2.17. The minimum Gasteiger partial charge on any atom is -0.310 e. The molecular formula is C108H80N4O2. The van der Waals surface area contributed by atoms with Crippen LogP contribution in [0.3, 0.4) is 0 Å². The molecule has 0 N–H and O–H groups in total. The van der Waals surface area contributed by atoms with Crippen LogP contribution in [0, 0.1) is 0 Å². The van der Waals surface area contributed by atoms with E-state index in [1.165, 1.54) is 110 Å². The van der Waals surface area contributed by atoms with Gasteiger partial charge in [-0.05, 0) is 258 Å². The van der Waals surface area contributed by atoms with Crippen LogP contribution in [0.15, 0.2) is 377 Å². The van der Waals surface area contributed by atoms with Crippen molar-refractivity contribution in [2.75, 3.05) is 9.80 Å². The first-order chi connectivity index (χ1) is 55.8. The third-order valence-electron chi connectivity index (χ3n) is 23.7. The van der Waals surface area contributed by atoms with Crippen LogP contribution in [0.4, 0.5) is 34.1 Å². The number of benzene rings is 16. The highest BCUT2D eigenvalue weighted by Crippen LogP contribution is 2.54. The molecule has 2 heterocycles. The monoisotopic (exact) mass is 1460 g/mol. The Labute approximate surface area is 665 Å². The van der Waals surface area contributed by atoms with Crippen molar-refractivity contribution in [2.45, 2.75) is 38.5 Å². The van der Waals surface area contributed by atoms with Crippen LogP contribution < -0.4 is 9.80 Å². The number of hydrogen-bond acceptors (Lipinski definition) is 4. The highest BCUT2D eigenvalue weighted by molar-refractivity contribution is 6.12. The van der Waals surface area contributed by atoms with Crippen LogP contribution in [0.25, 0.3) is 134 Å². The fraction of sp³-hybridized carbons (Fsp3) is 0.0556. The fourth-order valence-electron chi connectivity index (χ4n) is 17.7. The number of anilines is 6. The molecule has 2 aliphatic carbocycles. The summed E-state index contributed by atoms with van der Waals surface area (Å²) < 4.78 is 4.63. The largest absolute Gasteiger partial charge is 0.310 e. The second kappa shape index (κ2) is 28.4. The average molecular weight is 1470 g/mol. The minimum absolute atomic E-state index is 0.135. The summed E-state index contributed by atoms with van der Waals surface area (Å²) in [5.41, 5.74) is 36.0. The van der Waals surface area contributed by atoms with E-state index in [1.54, 1.807) is 0 Å². The second-order valence-electron chi connectivity index (χ2n) is 30.9. The Hall–Kier alpha value is -14.5. The Balaban J connectivity index is 0.000000153. The molecule has 0 spiro atoms. The van der Waals surface area contributed by atoms with Crippen LogP contribution in [-0.4, -0.2) is 21.7 Å². The van der Waals surface area contributed by atoms with Crippen LogP contribution in [0.2, 0.25) is 0 Å². The van der Waals surface area contributed by atoms with Gasteiger partial charge in [-0.15, -0.1) is 0 Å². The molecular weight excluding hydrogens is 1390 g/mol. The van der Waals surface area contributed by atoms with Crippen molar-refractivity contribution in [3.63, 3.8) is 0 Å². The standard InChI is InChI=1S/C55H42N2.C53H38N2O2/c1-5-37-16-24-45(25-17-37)57-53-15-11-10-14-48(53)50-35-42(23-33-54(50)57)41-21-28-44(29-22-41)56(43-26-19-40(20-27-43)39-12-8-7-9-13-39)46-30-31-47-49-34-38(6-2)18-32-51(49)55(3,4)52(47)36-46;1-53(2)49-30-36(34-57)14-27-45(49)46-28-26-44(32-50(46)53)54(41-22-15-38(16-23-41)37-8-4-3-5-9-37)42-24-17-39(18-25-42)40-19-29-52-48(31-40)47-10-6-7-11-51(47)55(52)43-20-12-35(33-56)13-21-43/h5-36H,1-2H2,3-4H3;3-34H,1-2H3. The molecule has 20 rings (SSSR count). The maximum absolute atomic E-state index is 11.7. The smallest absolute Gasteiger partial charge is 0.150 e. The first kappa shape index (κ1) is 70.0. The molecule has 2 aliphatic rings. The fourth-order valence-corrected chi connectivity index (χ4v) is 17.7. The van der Waals surface area contributed by atoms with Gasteiger partial charge in [-0.1, -0.05) is 259 Å². The van der Waals surface area contributed by atoms with Crippen LogP contribution in [0.5, 0.6) is 0 Å². The van der Waals surface area contributed by atoms with E-state index in [0.717, 1.165) is 91.4 Å². The highest BCUT2D eigenvalue weighted by Gasteiger charge is 2.38. The van der Waals surface area contributed by atoms with Gasteiger partial charge in [-0.2, -0.15) is 0 Å². The molecule has 6 heteroatoms. The van der Waals surface area contributed by atoms with Gasteiger partial charge in [0.05, 0.1) is 22.1 Å². The lowest BCUT2D eigenvalue weighted by Gasteiger charge is -2.28. The first-order valence-electron chi connectivity index (χ1n) is 39.0. The molecule has 0 aliphatic heterocycles. The van der Waals surface area contributed by atoms with Crippen LogP contribution in [-0.2, 0) is 10.8 Å². The van der Waals surface area contributed by atoms with Crippen molar-refractivity contribution in [1.82, 2.24) is 9.13 Å². The number of fused-ring (bicyclic) bond motifs is 12. The lowest BCUT2D eigenvalue weighted by molar-refractivity contribution is 0.111. The maximum Gasteiger partial charge on any atom is 0.150 e. The second-order valence-corrected chi connectivity index (χ2v) is 30.9. The van der Waals surface area contributed by atoms with E-state index in [4.69, 9.17) is 0 Å². The van der Waals surface area contributed by atoms with Crippen molar-refractivity contribution in [2.24, 2.45) is 0 Å². The number of hydrogen-bond donors (Lipinski definition) is 0. The maximum atomic E-state index is 11.7. The summed E-state index contributed by atoms with van der Waals surface area (Å²) in [5, 5.41) is 4.83. The zero-order valence-electron chi connectivity index (χ0n) is 64.0. The molecule has 6 nitrogen and oxygen atoms in total. The van der Waals surface area contributed by atoms with Crippen LogP contribution in [0.1, 0.15) is 81.8 Å². The molecule has 0 bridgehead atoms. The van der Waals surface area contributed by atoms with E-state index < -0.39 is 0 Å². The number of aromatic nitrogens is 2. The van der Waals surface area contributed by atoms with Crippen molar-refractivity contribution in [3.05, 3.63) is 422 Å². The van der Waals surface area contributed by atoms with Gasteiger partial charge in [-0.3, -0.25) is 9.59 Å². The molecule has 114 heavy (non-hydrogen) atoms. The Morgan fingerprint density at radius 3 is 1.00 bits per heavy atom. The zero-order chi connectivity index (χ0) is 77.3. The molecule has 16 aromatic carbocycles. The third-order valence-corrected chi connectivity index (χ3v) is 23.7. The summed E-state index contributed by atoms with van der Waals surface area (Å²) in [4.78, 5) is 27.8. The molecule has 0 atom stereocenters. The van der Waals surface area contributed by atoms with E-state index in [0.29, 0.717) is 11.1 Å². The number of para-hydroxylation sites is 2. The van der Waals surface area contributed by atoms with Gasteiger partial charge in [0, 0.05) is 89.0 Å². The molecule has 2 aromatic heterocycles. The normalized spacial score (nSPS) is 12.7. The highest BCUT2D eigenvalue weighted by atomic mass is 16.1. The quantitative estimate of drug-likeness (QED) is 0.0905. The predicted molar refractivity (Wildman–Crippen MR) is 479 cm³/mol. The molecule has 0 unspecified atom stereocenters. The van der Waals surface area contributed by atoms with Crippen LogP contribution >= 0.6 is 0 Å². The lowest BCUT2D eigenvalue weighted by atomic mass is 9.82. The van der Waals surface area contributed by atoms with Crippen molar-refractivity contribution in [3.8, 4) is 78.1 Å². The summed E-state index contributed by atoms with van der Waals surface area (Å²) in [6.45, 7) is 17.2. The molecule has 0 fully saturated rings. The van der Waals surface area contributed by atoms with E-state index in [-0.39, 0.29) is 10.8 Å². The Morgan fingerprint density at radius 2 is 0.570 bits per heavy atom. The average Bonchev–Trinajstić information content (AvgIpc) is 1.58. The number of carbonyl (C=O) groups is 2. The Kier molecular flexibility index (Phi) is 17.5. The molecule has 544 valence electrons. The number of nitrogens with zero attached hydrogens (tertiary/aromatic N) is 4. The van der Waals surface area contributed by atoms with Crippen molar-refractivity contribution in [1.29, 1.82) is 0 Å². The predicted octanol–water partition coefficient (Wildman–Crippen LogP) is 28.7. The Morgan fingerprint density at radius 1 is 0.246 bits per heavy atom. The third kappa shape index (κ3) is 12.1. The summed E-state index contributed by atoms with van der Waals surface area (Å²) in [6.07, 6.45) is 5.64. The van der Waals surface area contributed by atoms with E-state index in [9.17, 15) is 9.59 Å². The zero-order valence-corrected chi connectivity index (χ0v) is 64.0. The molecule has 0 saturated heterocycles. The van der Waals surface area contributed by atoms with Gasteiger partial charge in [0.2, 0.25) is 0 Å².